The smallest absolute Gasteiger partial charge is 0.255 e. The number of hydrogen-bond acceptors (Lipinski definition) is 3. The Kier molecular flexibility index (Phi) is 4.31. The van der Waals surface area contributed by atoms with Crippen LogP contribution in [0.4, 0.5) is 5.69 Å². The van der Waals surface area contributed by atoms with E-state index in [1.165, 1.54) is 4.90 Å². The molecule has 1 aromatic rings. The molecule has 0 aliphatic rings. The molecule has 16 heavy (non-hydrogen) atoms. The number of amides is 1. The number of benzene rings is 1. The van der Waals surface area contributed by atoms with Gasteiger partial charge in [-0.25, -0.2) is 0 Å². The lowest BCUT2D eigenvalue weighted by molar-refractivity contribution is 0.0704. The molecule has 0 aliphatic carbocycles. The lowest BCUT2D eigenvalue weighted by Gasteiger charge is -2.20. The Morgan fingerprint density at radius 3 is 2.69 bits per heavy atom. The topological polar surface area (TPSA) is 52.6 Å². The number of carbonyl (C=O) groups excluding carboxylic acids is 1. The molecule has 4 nitrogen and oxygen atoms in total. The summed E-state index contributed by atoms with van der Waals surface area (Å²) in [6.45, 7) is 1.99. The minimum Gasteiger partial charge on any atom is -0.392 e. The number of nitrogens with zero attached hydrogens (tertiary/aromatic N) is 1. The van der Waals surface area contributed by atoms with Crippen molar-refractivity contribution in [1.29, 1.82) is 0 Å². The van der Waals surface area contributed by atoms with Crippen LogP contribution in [0, 0.1) is 0 Å². The van der Waals surface area contributed by atoms with Gasteiger partial charge >= 0.3 is 0 Å². The van der Waals surface area contributed by atoms with E-state index in [0.29, 0.717) is 12.1 Å². The van der Waals surface area contributed by atoms with Crippen LogP contribution in [0.1, 0.15) is 17.3 Å². The zero-order chi connectivity index (χ0) is 12.1. The van der Waals surface area contributed by atoms with Crippen molar-refractivity contribution >= 4 is 11.6 Å². The van der Waals surface area contributed by atoms with Crippen LogP contribution >= 0.6 is 0 Å². The van der Waals surface area contributed by atoms with Gasteiger partial charge in [0, 0.05) is 26.3 Å². The Labute approximate surface area is 95.9 Å². The summed E-state index contributed by atoms with van der Waals surface area (Å²) in [5.41, 5.74) is 1.41. The molecule has 0 fully saturated rings. The number of nitrogens with one attached hydrogen (secondary N) is 1. The van der Waals surface area contributed by atoms with Crippen LogP contribution in [0.3, 0.4) is 0 Å². The van der Waals surface area contributed by atoms with Crippen LogP contribution in [0.15, 0.2) is 24.3 Å². The van der Waals surface area contributed by atoms with Gasteiger partial charge in [0.25, 0.3) is 5.91 Å². The second-order valence-corrected chi connectivity index (χ2v) is 3.83. The minimum atomic E-state index is -0.518. The number of anilines is 1. The van der Waals surface area contributed by atoms with Crippen LogP contribution in [-0.2, 0) is 0 Å². The van der Waals surface area contributed by atoms with E-state index in [4.69, 9.17) is 0 Å². The first-order chi connectivity index (χ1) is 7.56. The minimum absolute atomic E-state index is 0.0918. The molecule has 2 N–H and O–H groups in total. The van der Waals surface area contributed by atoms with Crippen LogP contribution in [0.5, 0.6) is 0 Å². The highest BCUT2D eigenvalue weighted by molar-refractivity contribution is 5.99. The van der Waals surface area contributed by atoms with Gasteiger partial charge in [0.05, 0.1) is 11.7 Å². The number of para-hydroxylation sites is 1. The highest BCUT2D eigenvalue weighted by Gasteiger charge is 2.15. The van der Waals surface area contributed by atoms with Gasteiger partial charge in [-0.1, -0.05) is 12.1 Å². The molecule has 0 spiro atoms. The molecule has 1 amide bonds. The maximum absolute atomic E-state index is 12.0. The van der Waals surface area contributed by atoms with Gasteiger partial charge in [-0.15, -0.1) is 0 Å². The first kappa shape index (κ1) is 12.5. The Balaban J connectivity index is 2.87. The SMILES string of the molecule is CNc1ccccc1C(=O)N(C)CC(C)O. The first-order valence-corrected chi connectivity index (χ1v) is 5.26. The largest absolute Gasteiger partial charge is 0.392 e. The monoisotopic (exact) mass is 222 g/mol. The molecule has 1 rings (SSSR count). The van der Waals surface area contributed by atoms with E-state index < -0.39 is 6.10 Å². The average Bonchev–Trinajstić information content (AvgIpc) is 2.27. The maximum atomic E-state index is 12.0. The van der Waals surface area contributed by atoms with Gasteiger partial charge in [0.2, 0.25) is 0 Å². The van der Waals surface area contributed by atoms with Crippen LogP contribution in [0.25, 0.3) is 0 Å². The van der Waals surface area contributed by atoms with Gasteiger partial charge in [-0.05, 0) is 19.1 Å². The number of likely N-dealkylation sites (N-methyl/N-ethyl adjacent to an activating group) is 1. The molecule has 0 bridgehead atoms. The fraction of sp³-hybridized carbons (Fsp3) is 0.417. The third-order valence-corrected chi connectivity index (χ3v) is 2.31. The molecule has 1 atom stereocenters. The van der Waals surface area contributed by atoms with Crippen molar-refractivity contribution in [3.8, 4) is 0 Å². The van der Waals surface area contributed by atoms with Crippen molar-refractivity contribution in [2.75, 3.05) is 26.0 Å². The Bertz CT molecular complexity index is 364. The molecule has 0 heterocycles. The molecule has 1 unspecified atom stereocenters. The van der Waals surface area contributed by atoms with E-state index in [1.54, 1.807) is 27.1 Å². The quantitative estimate of drug-likeness (QED) is 0.804. The average molecular weight is 222 g/mol. The summed E-state index contributed by atoms with van der Waals surface area (Å²) >= 11 is 0. The van der Waals surface area contributed by atoms with Crippen molar-refractivity contribution in [1.82, 2.24) is 4.90 Å². The highest BCUT2D eigenvalue weighted by Crippen LogP contribution is 2.15. The van der Waals surface area contributed by atoms with Crippen molar-refractivity contribution < 1.29 is 9.90 Å². The summed E-state index contributed by atoms with van der Waals surface area (Å²) < 4.78 is 0. The van der Waals surface area contributed by atoms with Crippen molar-refractivity contribution in [3.63, 3.8) is 0 Å². The van der Waals surface area contributed by atoms with E-state index in [0.717, 1.165) is 5.69 Å². The van der Waals surface area contributed by atoms with Gasteiger partial charge in [0.15, 0.2) is 0 Å². The van der Waals surface area contributed by atoms with Gasteiger partial charge in [0.1, 0.15) is 0 Å². The van der Waals surface area contributed by atoms with E-state index in [9.17, 15) is 9.90 Å². The predicted molar refractivity (Wildman–Crippen MR) is 64.6 cm³/mol. The Hall–Kier alpha value is -1.55. The molecule has 0 aromatic heterocycles. The van der Waals surface area contributed by atoms with E-state index in [1.807, 2.05) is 18.2 Å². The standard InChI is InChI=1S/C12H18N2O2/c1-9(15)8-14(3)12(16)10-6-4-5-7-11(10)13-2/h4-7,9,13,15H,8H2,1-3H3. The predicted octanol–water partition coefficient (Wildman–Crippen LogP) is 1.18. The summed E-state index contributed by atoms with van der Waals surface area (Å²) in [7, 11) is 3.46. The maximum Gasteiger partial charge on any atom is 0.255 e. The normalized spacial score (nSPS) is 12.0. The van der Waals surface area contributed by atoms with Crippen molar-refractivity contribution in [3.05, 3.63) is 29.8 Å². The van der Waals surface area contributed by atoms with E-state index in [-0.39, 0.29) is 5.91 Å². The number of hydrogen-bond donors (Lipinski definition) is 2. The fourth-order valence-corrected chi connectivity index (χ4v) is 1.57. The first-order valence-electron chi connectivity index (χ1n) is 5.26. The van der Waals surface area contributed by atoms with Gasteiger partial charge in [-0.3, -0.25) is 4.79 Å². The summed E-state index contributed by atoms with van der Waals surface area (Å²) in [5.74, 6) is -0.0918. The number of aliphatic hydroxyl groups is 1. The summed E-state index contributed by atoms with van der Waals surface area (Å²) in [5, 5.41) is 12.2. The van der Waals surface area contributed by atoms with Crippen LogP contribution in [0.2, 0.25) is 0 Å². The van der Waals surface area contributed by atoms with Crippen molar-refractivity contribution in [2.45, 2.75) is 13.0 Å². The molecule has 4 heteroatoms. The Morgan fingerprint density at radius 2 is 2.12 bits per heavy atom. The summed E-state index contributed by atoms with van der Waals surface area (Å²) in [4.78, 5) is 13.5. The lowest BCUT2D eigenvalue weighted by atomic mass is 10.1. The van der Waals surface area contributed by atoms with Crippen LogP contribution in [-0.4, -0.2) is 42.7 Å². The van der Waals surface area contributed by atoms with Crippen LogP contribution < -0.4 is 5.32 Å². The molecule has 0 aliphatic heterocycles. The molecular formula is C12H18N2O2. The number of carbonyl (C=O) groups is 1. The van der Waals surface area contributed by atoms with Crippen molar-refractivity contribution in [2.24, 2.45) is 0 Å². The second kappa shape index (κ2) is 5.51. The summed E-state index contributed by atoms with van der Waals surface area (Å²) in [6.07, 6.45) is -0.518. The van der Waals surface area contributed by atoms with Gasteiger partial charge < -0.3 is 15.3 Å². The Morgan fingerprint density at radius 1 is 1.50 bits per heavy atom. The molecular weight excluding hydrogens is 204 g/mol. The molecule has 0 radical (unpaired) electrons. The molecule has 0 saturated carbocycles. The molecule has 88 valence electrons. The third kappa shape index (κ3) is 2.97. The third-order valence-electron chi connectivity index (χ3n) is 2.31. The summed E-state index contributed by atoms with van der Waals surface area (Å²) in [6, 6.07) is 7.32. The zero-order valence-corrected chi connectivity index (χ0v) is 9.90. The highest BCUT2D eigenvalue weighted by atomic mass is 16.3. The molecule has 1 aromatic carbocycles. The number of rotatable bonds is 4. The zero-order valence-electron chi connectivity index (χ0n) is 9.90. The number of aliphatic hydroxyl groups excluding tert-OH is 1. The van der Waals surface area contributed by atoms with E-state index >= 15 is 0 Å². The lowest BCUT2D eigenvalue weighted by Crippen LogP contribution is -2.33. The molecule has 0 saturated heterocycles. The van der Waals surface area contributed by atoms with E-state index in [2.05, 4.69) is 5.32 Å². The second-order valence-electron chi connectivity index (χ2n) is 3.83. The fourth-order valence-electron chi connectivity index (χ4n) is 1.57. The van der Waals surface area contributed by atoms with Gasteiger partial charge in [-0.2, -0.15) is 0 Å².